The second-order valence-electron chi connectivity index (χ2n) is 3.58. The molecule has 16 heavy (non-hydrogen) atoms. The first kappa shape index (κ1) is 12.7. The Morgan fingerprint density at radius 3 is 2.38 bits per heavy atom. The Kier molecular flexibility index (Phi) is 4.07. The summed E-state index contributed by atoms with van der Waals surface area (Å²) in [6.45, 7) is 3.49. The van der Waals surface area contributed by atoms with Gasteiger partial charge in [0, 0.05) is 25.0 Å². The highest BCUT2D eigenvalue weighted by Gasteiger charge is 2.16. The second kappa shape index (κ2) is 5.12. The van der Waals surface area contributed by atoms with Crippen molar-refractivity contribution in [2.45, 2.75) is 13.3 Å². The van der Waals surface area contributed by atoms with E-state index in [2.05, 4.69) is 0 Å². The number of non-ortho nitro benzene ring substituents is 1. The molecule has 0 aliphatic rings. The molecule has 0 heterocycles. The van der Waals surface area contributed by atoms with Gasteiger partial charge in [0.25, 0.3) is 5.69 Å². The van der Waals surface area contributed by atoms with Gasteiger partial charge in [-0.2, -0.15) is 0 Å². The van der Waals surface area contributed by atoms with Gasteiger partial charge in [-0.15, -0.1) is 0 Å². The van der Waals surface area contributed by atoms with Crippen LogP contribution >= 0.6 is 7.37 Å². The minimum atomic E-state index is -2.62. The molecule has 88 valence electrons. The Bertz CT molecular complexity index is 415. The summed E-state index contributed by atoms with van der Waals surface area (Å²) in [5, 5.41) is 10.4. The van der Waals surface area contributed by atoms with Gasteiger partial charge in [-0.05, 0) is 18.6 Å². The predicted octanol–water partition coefficient (Wildman–Crippen LogP) is 3.29. The van der Waals surface area contributed by atoms with Crippen LogP contribution in [0.1, 0.15) is 13.3 Å². The highest BCUT2D eigenvalue weighted by Crippen LogP contribution is 2.43. The SMILES string of the molecule is CCCP(C)(=O)Oc1ccc([N+](=O)[O-])cc1. The van der Waals surface area contributed by atoms with E-state index in [9.17, 15) is 14.7 Å². The summed E-state index contributed by atoms with van der Waals surface area (Å²) in [5.41, 5.74) is -0.00576. The highest BCUT2D eigenvalue weighted by atomic mass is 31.2. The Hall–Kier alpha value is -1.35. The van der Waals surface area contributed by atoms with Crippen molar-refractivity contribution < 1.29 is 14.0 Å². The smallest absolute Gasteiger partial charge is 0.269 e. The molecule has 0 fully saturated rings. The molecule has 0 bridgehead atoms. The molecule has 1 atom stereocenters. The highest BCUT2D eigenvalue weighted by molar-refractivity contribution is 7.58. The number of nitro benzene ring substituents is 1. The van der Waals surface area contributed by atoms with Crippen LogP contribution < -0.4 is 4.52 Å². The number of rotatable bonds is 5. The van der Waals surface area contributed by atoms with E-state index in [0.717, 1.165) is 6.42 Å². The fourth-order valence-corrected chi connectivity index (χ4v) is 2.77. The van der Waals surface area contributed by atoms with Crippen LogP contribution in [0.25, 0.3) is 0 Å². The quantitative estimate of drug-likeness (QED) is 0.452. The standard InChI is InChI=1S/C10H14NO4P/c1-3-8-16(2,14)15-10-6-4-9(5-7-10)11(12)13/h4-7H,3,8H2,1-2H3. The molecule has 0 N–H and O–H groups in total. The first-order chi connectivity index (χ1) is 7.44. The van der Waals surface area contributed by atoms with Crippen LogP contribution in [0.5, 0.6) is 5.75 Å². The van der Waals surface area contributed by atoms with E-state index >= 15 is 0 Å². The van der Waals surface area contributed by atoms with Gasteiger partial charge >= 0.3 is 0 Å². The molecular formula is C10H14NO4P. The minimum absolute atomic E-state index is 0.00576. The van der Waals surface area contributed by atoms with E-state index in [-0.39, 0.29) is 5.69 Å². The largest absolute Gasteiger partial charge is 0.443 e. The lowest BCUT2D eigenvalue weighted by Crippen LogP contribution is -1.95. The van der Waals surface area contributed by atoms with Gasteiger partial charge in [0.2, 0.25) is 7.37 Å². The van der Waals surface area contributed by atoms with E-state index in [4.69, 9.17) is 4.52 Å². The third-order valence-corrected chi connectivity index (χ3v) is 3.83. The molecule has 6 heteroatoms. The first-order valence-corrected chi connectivity index (χ1v) is 7.21. The molecule has 1 rings (SSSR count). The molecule has 0 saturated heterocycles. The maximum atomic E-state index is 11.8. The number of benzene rings is 1. The van der Waals surface area contributed by atoms with Crippen LogP contribution in [-0.2, 0) is 4.57 Å². The Morgan fingerprint density at radius 1 is 1.38 bits per heavy atom. The lowest BCUT2D eigenvalue weighted by Gasteiger charge is -2.13. The molecular weight excluding hydrogens is 229 g/mol. The Labute approximate surface area is 94.0 Å². The molecule has 0 spiro atoms. The first-order valence-electron chi connectivity index (χ1n) is 4.95. The van der Waals surface area contributed by atoms with Crippen LogP contribution in [0.3, 0.4) is 0 Å². The van der Waals surface area contributed by atoms with E-state index in [1.165, 1.54) is 24.3 Å². The number of nitro groups is 1. The van der Waals surface area contributed by atoms with Gasteiger partial charge in [-0.1, -0.05) is 6.92 Å². The molecule has 1 unspecified atom stereocenters. The molecule has 0 saturated carbocycles. The molecule has 1 aromatic rings. The maximum Gasteiger partial charge on any atom is 0.269 e. The lowest BCUT2D eigenvalue weighted by atomic mass is 10.3. The molecule has 0 amide bonds. The monoisotopic (exact) mass is 243 g/mol. The summed E-state index contributed by atoms with van der Waals surface area (Å²) in [5.74, 6) is 0.407. The van der Waals surface area contributed by atoms with Gasteiger partial charge in [0.05, 0.1) is 4.92 Å². The van der Waals surface area contributed by atoms with Gasteiger partial charge < -0.3 is 4.52 Å². The van der Waals surface area contributed by atoms with Gasteiger partial charge in [-0.3, -0.25) is 14.7 Å². The zero-order chi connectivity index (χ0) is 12.2. The van der Waals surface area contributed by atoms with E-state index < -0.39 is 12.3 Å². The summed E-state index contributed by atoms with van der Waals surface area (Å²) < 4.78 is 17.2. The topological polar surface area (TPSA) is 69.4 Å². The summed E-state index contributed by atoms with van der Waals surface area (Å²) >= 11 is 0. The van der Waals surface area contributed by atoms with Crippen molar-refractivity contribution >= 4 is 13.1 Å². The Morgan fingerprint density at radius 2 is 1.94 bits per heavy atom. The van der Waals surface area contributed by atoms with Crippen LogP contribution in [0.15, 0.2) is 24.3 Å². The van der Waals surface area contributed by atoms with Crippen molar-refractivity contribution in [2.24, 2.45) is 0 Å². The van der Waals surface area contributed by atoms with Crippen molar-refractivity contribution in [3.8, 4) is 5.75 Å². The molecule has 0 aliphatic heterocycles. The molecule has 5 nitrogen and oxygen atoms in total. The molecule has 0 aliphatic carbocycles. The van der Waals surface area contributed by atoms with Gasteiger partial charge in [0.15, 0.2) is 0 Å². The van der Waals surface area contributed by atoms with E-state index in [1.807, 2.05) is 6.92 Å². The van der Waals surface area contributed by atoms with Crippen molar-refractivity contribution in [2.75, 3.05) is 12.8 Å². The zero-order valence-electron chi connectivity index (χ0n) is 9.25. The zero-order valence-corrected chi connectivity index (χ0v) is 10.1. The van der Waals surface area contributed by atoms with Crippen LogP contribution in [0, 0.1) is 10.1 Å². The summed E-state index contributed by atoms with van der Waals surface area (Å²) in [6, 6.07) is 5.59. The summed E-state index contributed by atoms with van der Waals surface area (Å²) in [7, 11) is -2.62. The lowest BCUT2D eigenvalue weighted by molar-refractivity contribution is -0.384. The van der Waals surface area contributed by atoms with E-state index in [1.54, 1.807) is 6.66 Å². The van der Waals surface area contributed by atoms with Crippen molar-refractivity contribution in [3.05, 3.63) is 34.4 Å². The normalized spacial score (nSPS) is 14.1. The molecule has 0 aromatic heterocycles. The fraction of sp³-hybridized carbons (Fsp3) is 0.400. The number of hydrogen-bond donors (Lipinski definition) is 0. The molecule has 0 radical (unpaired) electrons. The third-order valence-electron chi connectivity index (χ3n) is 1.98. The predicted molar refractivity (Wildman–Crippen MR) is 62.4 cm³/mol. The van der Waals surface area contributed by atoms with Crippen LogP contribution in [0.4, 0.5) is 5.69 Å². The van der Waals surface area contributed by atoms with Crippen molar-refractivity contribution in [3.63, 3.8) is 0 Å². The minimum Gasteiger partial charge on any atom is -0.443 e. The number of nitrogens with zero attached hydrogens (tertiary/aromatic N) is 1. The number of hydrogen-bond acceptors (Lipinski definition) is 4. The van der Waals surface area contributed by atoms with Crippen LogP contribution in [0.2, 0.25) is 0 Å². The maximum absolute atomic E-state index is 11.8. The fourth-order valence-electron chi connectivity index (χ4n) is 1.30. The average molecular weight is 243 g/mol. The Balaban J connectivity index is 2.76. The summed E-state index contributed by atoms with van der Waals surface area (Å²) in [4.78, 5) is 9.93. The van der Waals surface area contributed by atoms with Crippen LogP contribution in [-0.4, -0.2) is 17.8 Å². The second-order valence-corrected chi connectivity index (χ2v) is 6.24. The average Bonchev–Trinajstić information content (AvgIpc) is 2.17. The van der Waals surface area contributed by atoms with Crippen molar-refractivity contribution in [1.29, 1.82) is 0 Å². The third kappa shape index (κ3) is 3.66. The van der Waals surface area contributed by atoms with Gasteiger partial charge in [-0.25, -0.2) is 0 Å². The molecule has 1 aromatic carbocycles. The van der Waals surface area contributed by atoms with E-state index in [0.29, 0.717) is 11.9 Å². The van der Waals surface area contributed by atoms with Crippen molar-refractivity contribution in [1.82, 2.24) is 0 Å². The summed E-state index contributed by atoms with van der Waals surface area (Å²) in [6.07, 6.45) is 1.28. The van der Waals surface area contributed by atoms with Gasteiger partial charge in [0.1, 0.15) is 5.75 Å².